The lowest BCUT2D eigenvalue weighted by atomic mass is 9.86. The molecule has 12 nitrogen and oxygen atoms in total. The number of nitro benzene ring substituents is 1. The van der Waals surface area contributed by atoms with Gasteiger partial charge in [-0.2, -0.15) is 0 Å². The number of aromatic nitrogens is 2. The number of methoxy groups -OCH3 is 2. The molecule has 45 heavy (non-hydrogen) atoms. The van der Waals surface area contributed by atoms with Crippen molar-refractivity contribution < 1.29 is 19.2 Å². The monoisotopic (exact) mass is 619 g/mol. The van der Waals surface area contributed by atoms with Crippen molar-refractivity contribution in [1.82, 2.24) is 20.2 Å². The van der Waals surface area contributed by atoms with Gasteiger partial charge in [0.2, 0.25) is 11.9 Å². The number of hydrogen-bond acceptors (Lipinski definition) is 10. The van der Waals surface area contributed by atoms with Crippen LogP contribution in [0.5, 0.6) is 5.75 Å². The van der Waals surface area contributed by atoms with E-state index in [9.17, 15) is 14.9 Å². The third-order valence-electron chi connectivity index (χ3n) is 7.57. The number of carbonyl (C=O) groups is 1. The number of nitro groups is 1. The molecular weight excluding hydrogens is 574 g/mol. The van der Waals surface area contributed by atoms with Crippen LogP contribution in [0.1, 0.15) is 37.1 Å². The molecule has 0 aliphatic heterocycles. The molecular formula is C33H45N7O5. The first kappa shape index (κ1) is 34.9. The first-order valence-electron chi connectivity index (χ1n) is 14.9. The van der Waals surface area contributed by atoms with E-state index in [-0.39, 0.29) is 23.5 Å². The molecule has 2 aromatic carbocycles. The largest absolute Gasteiger partial charge is 0.494 e. The normalized spacial score (nSPS) is 12.4. The third-order valence-corrected chi connectivity index (χ3v) is 7.57. The predicted molar refractivity (Wildman–Crippen MR) is 178 cm³/mol. The highest BCUT2D eigenvalue weighted by molar-refractivity contribution is 6.05. The standard InChI is InChI=1S/C33H45N7O5/c1-9-22(2)30(32(41)34-16-19-44-7)31(24-13-11-10-12-23(24)3)25-14-15-35-33(36-25)37-26-20-28(40(42)43)27(21-29(26)45-8)39(6)18-17-38(4)5/h10-15,20-22H,9,16-19H2,1-8H3,(H,34,41)(H,35,36,37)/b31-30-. The fraction of sp³-hybridized carbons (Fsp3) is 0.424. The summed E-state index contributed by atoms with van der Waals surface area (Å²) in [5, 5.41) is 18.3. The topological polar surface area (TPSA) is 135 Å². The molecule has 3 aromatic rings. The van der Waals surface area contributed by atoms with E-state index in [1.54, 1.807) is 25.4 Å². The van der Waals surface area contributed by atoms with Crippen molar-refractivity contribution in [3.05, 3.63) is 81.2 Å². The van der Waals surface area contributed by atoms with Gasteiger partial charge in [-0.1, -0.05) is 38.1 Å². The molecule has 0 spiro atoms. The van der Waals surface area contributed by atoms with Gasteiger partial charge in [-0.3, -0.25) is 14.9 Å². The number of benzene rings is 2. The first-order valence-corrected chi connectivity index (χ1v) is 14.9. The number of nitrogens with one attached hydrogen (secondary N) is 2. The van der Waals surface area contributed by atoms with Crippen molar-refractivity contribution in [2.24, 2.45) is 5.92 Å². The van der Waals surface area contributed by atoms with Gasteiger partial charge < -0.3 is 29.9 Å². The molecule has 3 rings (SSSR count). The minimum atomic E-state index is -0.414. The lowest BCUT2D eigenvalue weighted by Crippen LogP contribution is -2.31. The first-order chi connectivity index (χ1) is 21.5. The SMILES string of the molecule is CCC(C)/C(C(=O)NCCOC)=C(/c1ccnc(Nc2cc([N+](=O)[O-])c(N(C)CCN(C)C)cc2OC)n1)c1ccccc1C. The molecule has 1 heterocycles. The van der Waals surface area contributed by atoms with Crippen LogP contribution in [0.4, 0.5) is 23.0 Å². The highest BCUT2D eigenvalue weighted by atomic mass is 16.6. The molecule has 0 bridgehead atoms. The Morgan fingerprint density at radius 3 is 2.47 bits per heavy atom. The van der Waals surface area contributed by atoms with Crippen LogP contribution < -0.4 is 20.3 Å². The van der Waals surface area contributed by atoms with Crippen molar-refractivity contribution in [2.45, 2.75) is 27.2 Å². The molecule has 2 N–H and O–H groups in total. The van der Waals surface area contributed by atoms with Crippen LogP contribution in [0, 0.1) is 23.0 Å². The fourth-order valence-electron chi connectivity index (χ4n) is 4.85. The molecule has 0 radical (unpaired) electrons. The Balaban J connectivity index is 2.16. The number of rotatable bonds is 16. The van der Waals surface area contributed by atoms with Crippen molar-refractivity contribution >= 4 is 34.5 Å². The highest BCUT2D eigenvalue weighted by Gasteiger charge is 2.26. The fourth-order valence-corrected chi connectivity index (χ4v) is 4.85. The number of aryl methyl sites for hydroxylation is 1. The Hall–Kier alpha value is -4.55. The Morgan fingerprint density at radius 2 is 1.84 bits per heavy atom. The van der Waals surface area contributed by atoms with E-state index in [0.29, 0.717) is 53.7 Å². The van der Waals surface area contributed by atoms with Gasteiger partial charge in [0.05, 0.1) is 30.0 Å². The van der Waals surface area contributed by atoms with E-state index in [1.807, 2.05) is 76.0 Å². The maximum atomic E-state index is 13.7. The van der Waals surface area contributed by atoms with Gasteiger partial charge in [0.25, 0.3) is 5.69 Å². The number of likely N-dealkylation sites (N-methyl/N-ethyl adjacent to an activating group) is 2. The van der Waals surface area contributed by atoms with Crippen LogP contribution in [0.15, 0.2) is 54.2 Å². The molecule has 0 saturated heterocycles. The summed E-state index contributed by atoms with van der Waals surface area (Å²) in [6, 6.07) is 12.7. The molecule has 12 heteroatoms. The van der Waals surface area contributed by atoms with Crippen LogP contribution in [-0.4, -0.2) is 87.3 Å². The molecule has 0 aliphatic rings. The van der Waals surface area contributed by atoms with Crippen LogP contribution in [0.25, 0.3) is 5.57 Å². The van der Waals surface area contributed by atoms with Gasteiger partial charge in [0.15, 0.2) is 0 Å². The smallest absolute Gasteiger partial charge is 0.294 e. The summed E-state index contributed by atoms with van der Waals surface area (Å²) in [6.07, 6.45) is 2.33. The summed E-state index contributed by atoms with van der Waals surface area (Å²) < 4.78 is 10.8. The Labute approximate surface area is 265 Å². The zero-order valence-corrected chi connectivity index (χ0v) is 27.5. The second-order valence-electron chi connectivity index (χ2n) is 11.1. The van der Waals surface area contributed by atoms with E-state index in [1.165, 1.54) is 13.2 Å². The second kappa shape index (κ2) is 16.5. The molecule has 1 aromatic heterocycles. The molecule has 0 fully saturated rings. The van der Waals surface area contributed by atoms with Crippen LogP contribution in [0.2, 0.25) is 0 Å². The summed E-state index contributed by atoms with van der Waals surface area (Å²) in [4.78, 5) is 38.5. The number of ether oxygens (including phenoxy) is 2. The van der Waals surface area contributed by atoms with Crippen molar-refractivity contribution in [3.63, 3.8) is 0 Å². The van der Waals surface area contributed by atoms with Crippen molar-refractivity contribution in [1.29, 1.82) is 0 Å². The van der Waals surface area contributed by atoms with E-state index in [2.05, 4.69) is 15.6 Å². The molecule has 1 atom stereocenters. The molecule has 0 aliphatic carbocycles. The summed E-state index contributed by atoms with van der Waals surface area (Å²) >= 11 is 0. The number of hydrogen-bond donors (Lipinski definition) is 2. The van der Waals surface area contributed by atoms with Gasteiger partial charge in [0.1, 0.15) is 11.4 Å². The minimum absolute atomic E-state index is 0.0806. The van der Waals surface area contributed by atoms with E-state index >= 15 is 0 Å². The van der Waals surface area contributed by atoms with Crippen molar-refractivity contribution in [3.8, 4) is 5.75 Å². The second-order valence-corrected chi connectivity index (χ2v) is 11.1. The average molecular weight is 620 g/mol. The van der Waals surface area contributed by atoms with Crippen molar-refractivity contribution in [2.75, 3.05) is 71.8 Å². The van der Waals surface area contributed by atoms with E-state index < -0.39 is 4.92 Å². The number of anilines is 3. The lowest BCUT2D eigenvalue weighted by Gasteiger charge is -2.23. The maximum absolute atomic E-state index is 13.7. The number of carbonyl (C=O) groups excluding carboxylic acids is 1. The minimum Gasteiger partial charge on any atom is -0.494 e. The van der Waals surface area contributed by atoms with Gasteiger partial charge in [-0.15, -0.1) is 0 Å². The maximum Gasteiger partial charge on any atom is 0.294 e. The molecule has 0 saturated carbocycles. The Morgan fingerprint density at radius 1 is 1.11 bits per heavy atom. The lowest BCUT2D eigenvalue weighted by molar-refractivity contribution is -0.384. The third kappa shape index (κ3) is 8.99. The van der Waals surface area contributed by atoms with Gasteiger partial charge in [0, 0.05) is 63.3 Å². The quantitative estimate of drug-likeness (QED) is 0.0970. The van der Waals surface area contributed by atoms with Gasteiger partial charge in [-0.05, 0) is 50.6 Å². The van der Waals surface area contributed by atoms with Gasteiger partial charge in [-0.25, -0.2) is 9.97 Å². The summed E-state index contributed by atoms with van der Waals surface area (Å²) in [6.45, 7) is 8.11. The molecule has 1 unspecified atom stereocenters. The van der Waals surface area contributed by atoms with Crippen LogP contribution >= 0.6 is 0 Å². The van der Waals surface area contributed by atoms with Crippen LogP contribution in [0.3, 0.4) is 0 Å². The zero-order valence-electron chi connectivity index (χ0n) is 27.5. The predicted octanol–water partition coefficient (Wildman–Crippen LogP) is 5.05. The zero-order chi connectivity index (χ0) is 33.1. The Kier molecular flexibility index (Phi) is 12.8. The summed E-state index contributed by atoms with van der Waals surface area (Å²) in [7, 11) is 8.80. The number of amides is 1. The van der Waals surface area contributed by atoms with Gasteiger partial charge >= 0.3 is 0 Å². The van der Waals surface area contributed by atoms with Crippen LogP contribution in [-0.2, 0) is 9.53 Å². The van der Waals surface area contributed by atoms with E-state index in [0.717, 1.165) is 24.1 Å². The Bertz CT molecular complexity index is 1510. The van der Waals surface area contributed by atoms with E-state index in [4.69, 9.17) is 14.5 Å². The molecule has 242 valence electrons. The highest BCUT2D eigenvalue weighted by Crippen LogP contribution is 2.39. The number of nitrogens with zero attached hydrogens (tertiary/aromatic N) is 5. The average Bonchev–Trinajstić information content (AvgIpc) is 3.02. The molecule has 1 amide bonds. The summed E-state index contributed by atoms with van der Waals surface area (Å²) in [5.41, 5.74) is 4.38. The summed E-state index contributed by atoms with van der Waals surface area (Å²) in [5.74, 6) is 0.310.